The van der Waals surface area contributed by atoms with E-state index >= 15 is 0 Å². The third-order valence-electron chi connectivity index (χ3n) is 2.79. The summed E-state index contributed by atoms with van der Waals surface area (Å²) in [5, 5.41) is 11.8. The molecule has 88 valence electrons. The minimum atomic E-state index is 0.706. The Morgan fingerprint density at radius 2 is 2.18 bits per heavy atom. The second kappa shape index (κ2) is 4.73. The van der Waals surface area contributed by atoms with E-state index in [2.05, 4.69) is 50.4 Å². The van der Waals surface area contributed by atoms with Gasteiger partial charge in [-0.2, -0.15) is 0 Å². The van der Waals surface area contributed by atoms with E-state index in [0.717, 1.165) is 17.9 Å². The average molecular weight is 340 g/mol. The van der Waals surface area contributed by atoms with Crippen molar-refractivity contribution in [3.8, 4) is 5.69 Å². The molecule has 1 fully saturated rings. The Labute approximate surface area is 114 Å². The number of rotatable bonds is 4. The average Bonchev–Trinajstić information content (AvgIpc) is 3.06. The topological polar surface area (TPSA) is 42.7 Å². The number of halogens is 1. The number of aromatic nitrogens is 3. The van der Waals surface area contributed by atoms with Crippen LogP contribution in [-0.4, -0.2) is 21.0 Å². The van der Waals surface area contributed by atoms with Crippen molar-refractivity contribution in [1.29, 1.82) is 0 Å². The first kappa shape index (κ1) is 11.2. The van der Waals surface area contributed by atoms with Crippen molar-refractivity contribution in [2.75, 3.05) is 0 Å². The van der Waals surface area contributed by atoms with Gasteiger partial charge in [-0.3, -0.25) is 0 Å². The Balaban J connectivity index is 1.77. The summed E-state index contributed by atoms with van der Waals surface area (Å²) in [6.45, 7) is 0.814. The molecule has 1 aromatic carbocycles. The Morgan fingerprint density at radius 1 is 1.35 bits per heavy atom. The minimum Gasteiger partial charge on any atom is -0.308 e. The van der Waals surface area contributed by atoms with E-state index in [1.54, 1.807) is 0 Å². The normalized spacial score (nSPS) is 15.1. The van der Waals surface area contributed by atoms with Crippen LogP contribution in [0.15, 0.2) is 30.5 Å². The van der Waals surface area contributed by atoms with E-state index in [0.29, 0.717) is 6.04 Å². The molecule has 5 heteroatoms. The molecule has 0 aliphatic heterocycles. The standard InChI is InChI=1S/C12H13IN4/c13-11-3-1-2-4-12(11)17-8-10(15-16-17)7-14-9-5-6-9/h1-4,8-9,14H,5-7H2. The highest BCUT2D eigenvalue weighted by molar-refractivity contribution is 14.1. The molecule has 1 aliphatic rings. The fourth-order valence-electron chi connectivity index (χ4n) is 1.67. The molecule has 0 unspecified atom stereocenters. The molecule has 3 rings (SSSR count). The largest absolute Gasteiger partial charge is 0.308 e. The lowest BCUT2D eigenvalue weighted by Crippen LogP contribution is -2.15. The van der Waals surface area contributed by atoms with Gasteiger partial charge in [0.25, 0.3) is 0 Å². The summed E-state index contributed by atoms with van der Waals surface area (Å²) in [4.78, 5) is 0. The van der Waals surface area contributed by atoms with E-state index in [1.807, 2.05) is 23.0 Å². The fourth-order valence-corrected chi connectivity index (χ4v) is 2.31. The Morgan fingerprint density at radius 3 is 2.94 bits per heavy atom. The summed E-state index contributed by atoms with van der Waals surface area (Å²) in [5.74, 6) is 0. The maximum Gasteiger partial charge on any atom is 0.0969 e. The van der Waals surface area contributed by atoms with E-state index in [-0.39, 0.29) is 0 Å². The summed E-state index contributed by atoms with van der Waals surface area (Å²) >= 11 is 2.31. The van der Waals surface area contributed by atoms with Gasteiger partial charge in [0.15, 0.2) is 0 Å². The lowest BCUT2D eigenvalue weighted by molar-refractivity contribution is 0.671. The van der Waals surface area contributed by atoms with Crippen LogP contribution in [0.5, 0.6) is 0 Å². The van der Waals surface area contributed by atoms with E-state index in [1.165, 1.54) is 16.4 Å². The molecular formula is C12H13IN4. The van der Waals surface area contributed by atoms with Crippen LogP contribution in [-0.2, 0) is 6.54 Å². The second-order valence-corrected chi connectivity index (χ2v) is 5.42. The lowest BCUT2D eigenvalue weighted by Gasteiger charge is -2.01. The maximum atomic E-state index is 4.18. The van der Waals surface area contributed by atoms with Crippen LogP contribution in [0.3, 0.4) is 0 Å². The Hall–Kier alpha value is -0.950. The summed E-state index contributed by atoms with van der Waals surface area (Å²) < 4.78 is 3.02. The molecule has 1 aromatic heterocycles. The monoisotopic (exact) mass is 340 g/mol. The zero-order chi connectivity index (χ0) is 11.7. The molecule has 1 saturated carbocycles. The van der Waals surface area contributed by atoms with Crippen LogP contribution in [0.2, 0.25) is 0 Å². The van der Waals surface area contributed by atoms with Crippen LogP contribution in [0.1, 0.15) is 18.5 Å². The number of benzene rings is 1. The van der Waals surface area contributed by atoms with Gasteiger partial charge >= 0.3 is 0 Å². The summed E-state index contributed by atoms with van der Waals surface area (Å²) in [5.41, 5.74) is 2.08. The summed E-state index contributed by atoms with van der Waals surface area (Å²) in [6, 6.07) is 8.87. The van der Waals surface area contributed by atoms with Crippen molar-refractivity contribution in [2.45, 2.75) is 25.4 Å². The number of para-hydroxylation sites is 1. The summed E-state index contributed by atoms with van der Waals surface area (Å²) in [7, 11) is 0. The maximum absolute atomic E-state index is 4.18. The fraction of sp³-hybridized carbons (Fsp3) is 0.333. The Kier molecular flexibility index (Phi) is 3.11. The second-order valence-electron chi connectivity index (χ2n) is 4.26. The third kappa shape index (κ3) is 2.66. The van der Waals surface area contributed by atoms with Gasteiger partial charge in [-0.1, -0.05) is 17.3 Å². The SMILES string of the molecule is Ic1ccccc1-n1cc(CNC2CC2)nn1. The van der Waals surface area contributed by atoms with Crippen LogP contribution in [0, 0.1) is 3.57 Å². The lowest BCUT2D eigenvalue weighted by atomic mass is 10.3. The van der Waals surface area contributed by atoms with Gasteiger partial charge < -0.3 is 5.32 Å². The first-order chi connectivity index (χ1) is 8.33. The van der Waals surface area contributed by atoms with Gasteiger partial charge in [0.1, 0.15) is 0 Å². The Bertz CT molecular complexity index is 519. The molecule has 0 saturated heterocycles. The van der Waals surface area contributed by atoms with Crippen molar-refractivity contribution >= 4 is 22.6 Å². The predicted octanol–water partition coefficient (Wildman–Crippen LogP) is 2.12. The van der Waals surface area contributed by atoms with Crippen LogP contribution in [0.25, 0.3) is 5.69 Å². The van der Waals surface area contributed by atoms with Crippen LogP contribution >= 0.6 is 22.6 Å². The molecule has 0 atom stereocenters. The molecule has 0 spiro atoms. The van der Waals surface area contributed by atoms with Crippen molar-refractivity contribution < 1.29 is 0 Å². The molecule has 4 nitrogen and oxygen atoms in total. The molecule has 0 radical (unpaired) electrons. The summed E-state index contributed by atoms with van der Waals surface area (Å²) in [6.07, 6.45) is 4.59. The number of nitrogens with one attached hydrogen (secondary N) is 1. The quantitative estimate of drug-likeness (QED) is 0.867. The first-order valence-corrected chi connectivity index (χ1v) is 6.80. The van der Waals surface area contributed by atoms with Gasteiger partial charge in [-0.15, -0.1) is 5.10 Å². The minimum absolute atomic E-state index is 0.706. The van der Waals surface area contributed by atoms with Gasteiger partial charge in [-0.05, 0) is 47.6 Å². The molecule has 1 heterocycles. The molecule has 1 N–H and O–H groups in total. The highest BCUT2D eigenvalue weighted by atomic mass is 127. The smallest absolute Gasteiger partial charge is 0.0969 e. The highest BCUT2D eigenvalue weighted by Gasteiger charge is 2.20. The van der Waals surface area contributed by atoms with Crippen molar-refractivity contribution in [2.24, 2.45) is 0 Å². The molecule has 0 amide bonds. The number of nitrogens with zero attached hydrogens (tertiary/aromatic N) is 3. The van der Waals surface area contributed by atoms with Crippen LogP contribution in [0.4, 0.5) is 0 Å². The number of hydrogen-bond donors (Lipinski definition) is 1. The molecule has 1 aliphatic carbocycles. The zero-order valence-electron chi connectivity index (χ0n) is 9.31. The van der Waals surface area contributed by atoms with Gasteiger partial charge in [0, 0.05) is 16.2 Å². The van der Waals surface area contributed by atoms with Gasteiger partial charge in [0.05, 0.1) is 17.6 Å². The third-order valence-corrected chi connectivity index (χ3v) is 3.70. The number of hydrogen-bond acceptors (Lipinski definition) is 3. The molecule has 17 heavy (non-hydrogen) atoms. The zero-order valence-corrected chi connectivity index (χ0v) is 11.5. The van der Waals surface area contributed by atoms with Crippen molar-refractivity contribution in [1.82, 2.24) is 20.3 Å². The van der Waals surface area contributed by atoms with Gasteiger partial charge in [0.2, 0.25) is 0 Å². The van der Waals surface area contributed by atoms with E-state index in [9.17, 15) is 0 Å². The molecule has 2 aromatic rings. The van der Waals surface area contributed by atoms with E-state index in [4.69, 9.17) is 0 Å². The van der Waals surface area contributed by atoms with Crippen LogP contribution < -0.4 is 5.32 Å². The van der Waals surface area contributed by atoms with Crippen molar-refractivity contribution in [3.63, 3.8) is 0 Å². The van der Waals surface area contributed by atoms with E-state index < -0.39 is 0 Å². The molecule has 0 bridgehead atoms. The van der Waals surface area contributed by atoms with Gasteiger partial charge in [-0.25, -0.2) is 4.68 Å². The predicted molar refractivity (Wildman–Crippen MR) is 73.9 cm³/mol. The molecular weight excluding hydrogens is 327 g/mol. The highest BCUT2D eigenvalue weighted by Crippen LogP contribution is 2.19. The van der Waals surface area contributed by atoms with Crippen molar-refractivity contribution in [3.05, 3.63) is 39.7 Å². The first-order valence-electron chi connectivity index (χ1n) is 5.72.